The molecule has 5 heteroatoms. The number of amides is 1. The molecule has 0 saturated heterocycles. The molecule has 0 aromatic heterocycles. The Kier molecular flexibility index (Phi) is 20.5. The van der Waals surface area contributed by atoms with Gasteiger partial charge in [0.1, 0.15) is 6.42 Å². The fourth-order valence-corrected chi connectivity index (χ4v) is 3.53. The van der Waals surface area contributed by atoms with Crippen LogP contribution in [-0.2, 0) is 9.59 Å². The molecule has 0 fully saturated rings. The topological polar surface area (TPSA) is 97.5 Å². The van der Waals surface area contributed by atoms with Gasteiger partial charge in [-0.25, -0.2) is 0 Å². The highest BCUT2D eigenvalue weighted by Crippen LogP contribution is 2.13. The number of Topliss-reactive ketones (excluding diaryl/α,β-unsaturated/α-hetero) is 1. The first-order valence-electron chi connectivity index (χ1n) is 12.6. The van der Waals surface area contributed by atoms with Gasteiger partial charge in [-0.05, 0) is 6.42 Å². The molecule has 0 aliphatic carbocycles. The van der Waals surface area contributed by atoms with Crippen LogP contribution >= 0.6 is 0 Å². The van der Waals surface area contributed by atoms with Gasteiger partial charge in [-0.15, -0.1) is 0 Å². The molecular formula is C27H45NO4. The minimum atomic E-state index is -1.09. The molecule has 0 unspecified atom stereocenters. The third-order valence-corrected chi connectivity index (χ3v) is 5.43. The van der Waals surface area contributed by atoms with Gasteiger partial charge in [0.15, 0.2) is 5.78 Å². The van der Waals surface area contributed by atoms with Crippen LogP contribution in [0.5, 0.6) is 0 Å². The number of carboxylic acids is 1. The maximum Gasteiger partial charge on any atom is 0.311 e. The van der Waals surface area contributed by atoms with Gasteiger partial charge in [0.05, 0.1) is 0 Å². The number of carbonyl (C=O) groups is 3. The monoisotopic (exact) mass is 447 g/mol. The molecule has 1 aromatic carbocycles. The molecule has 0 spiro atoms. The first-order valence-corrected chi connectivity index (χ1v) is 12.6. The molecule has 0 aliphatic rings. The van der Waals surface area contributed by atoms with E-state index >= 15 is 0 Å². The fraction of sp³-hybridized carbons (Fsp3) is 0.667. The van der Waals surface area contributed by atoms with E-state index in [2.05, 4.69) is 6.92 Å². The second kappa shape index (κ2) is 22.0. The van der Waals surface area contributed by atoms with Gasteiger partial charge in [-0.3, -0.25) is 14.4 Å². The Morgan fingerprint density at radius 2 is 1.09 bits per heavy atom. The number of nitrogens with two attached hydrogens (primary N) is 1. The normalized spacial score (nSPS) is 10.3. The second-order valence-electron chi connectivity index (χ2n) is 8.53. The number of unbranched alkanes of at least 4 members (excludes halogenated alkanes) is 14. The summed E-state index contributed by atoms with van der Waals surface area (Å²) in [5.74, 6) is -1.60. The Balaban J connectivity index is 0.000000677. The smallest absolute Gasteiger partial charge is 0.311 e. The Hall–Kier alpha value is -2.17. The van der Waals surface area contributed by atoms with Crippen molar-refractivity contribution in [1.82, 2.24) is 0 Å². The van der Waals surface area contributed by atoms with Crippen LogP contribution in [-0.4, -0.2) is 22.8 Å². The van der Waals surface area contributed by atoms with E-state index in [0.29, 0.717) is 12.0 Å². The summed E-state index contributed by atoms with van der Waals surface area (Å²) in [6, 6.07) is 8.39. The second-order valence-corrected chi connectivity index (χ2v) is 8.53. The van der Waals surface area contributed by atoms with E-state index in [4.69, 9.17) is 10.8 Å². The molecule has 0 aliphatic heterocycles. The Morgan fingerprint density at radius 3 is 1.47 bits per heavy atom. The Labute approximate surface area is 195 Å². The summed E-state index contributed by atoms with van der Waals surface area (Å²) in [5, 5.41) is 8.32. The maximum absolute atomic E-state index is 11.1. The first-order chi connectivity index (χ1) is 15.5. The van der Waals surface area contributed by atoms with Crippen molar-refractivity contribution < 1.29 is 19.5 Å². The van der Waals surface area contributed by atoms with Crippen molar-refractivity contribution >= 4 is 17.7 Å². The van der Waals surface area contributed by atoms with Gasteiger partial charge in [-0.1, -0.05) is 127 Å². The average molecular weight is 448 g/mol. The summed E-state index contributed by atoms with van der Waals surface area (Å²) in [4.78, 5) is 31.8. The van der Waals surface area contributed by atoms with Crippen molar-refractivity contribution in [3.05, 3.63) is 35.9 Å². The number of carboxylic acid groups (broad SMARTS) is 1. The van der Waals surface area contributed by atoms with Crippen molar-refractivity contribution in [3.8, 4) is 0 Å². The lowest BCUT2D eigenvalue weighted by Gasteiger charge is -2.03. The highest BCUT2D eigenvalue weighted by molar-refractivity contribution is 6.05. The molecule has 0 bridgehead atoms. The summed E-state index contributed by atoms with van der Waals surface area (Å²) >= 11 is 0. The number of carbonyl (C=O) groups excluding carboxylic acids is 2. The van der Waals surface area contributed by atoms with Gasteiger partial charge >= 0.3 is 5.97 Å². The summed E-state index contributed by atoms with van der Waals surface area (Å²) < 4.78 is 0. The lowest BCUT2D eigenvalue weighted by Crippen LogP contribution is -2.09. The lowest BCUT2D eigenvalue weighted by molar-refractivity contribution is -0.136. The zero-order chi connectivity index (χ0) is 23.9. The lowest BCUT2D eigenvalue weighted by atomic mass is 10.0. The number of aliphatic carboxylic acids is 1. The van der Waals surface area contributed by atoms with Crippen LogP contribution in [0.3, 0.4) is 0 Å². The molecule has 0 radical (unpaired) electrons. The number of rotatable bonds is 19. The molecular weight excluding hydrogens is 402 g/mol. The summed E-state index contributed by atoms with van der Waals surface area (Å²) in [6.45, 7) is 2.28. The van der Waals surface area contributed by atoms with E-state index in [1.54, 1.807) is 30.3 Å². The number of hydrogen-bond donors (Lipinski definition) is 2. The van der Waals surface area contributed by atoms with Crippen LogP contribution in [0.4, 0.5) is 0 Å². The van der Waals surface area contributed by atoms with Crippen molar-refractivity contribution in [2.45, 2.75) is 116 Å². The predicted octanol–water partition coefficient (Wildman–Crippen LogP) is 7.08. The van der Waals surface area contributed by atoms with Gasteiger partial charge in [0.25, 0.3) is 0 Å². The van der Waals surface area contributed by atoms with Crippen LogP contribution in [0.25, 0.3) is 0 Å². The molecule has 1 rings (SSSR count). The highest BCUT2D eigenvalue weighted by atomic mass is 16.4. The molecule has 1 aromatic rings. The van der Waals surface area contributed by atoms with Gasteiger partial charge in [0, 0.05) is 12.0 Å². The minimum absolute atomic E-state index is 0.153. The van der Waals surface area contributed by atoms with E-state index < -0.39 is 12.4 Å². The summed E-state index contributed by atoms with van der Waals surface area (Å²) in [5.41, 5.74) is 5.55. The molecule has 3 N–H and O–H groups in total. The van der Waals surface area contributed by atoms with Crippen LogP contribution < -0.4 is 5.73 Å². The van der Waals surface area contributed by atoms with Crippen molar-refractivity contribution in [3.63, 3.8) is 0 Å². The van der Waals surface area contributed by atoms with E-state index in [1.165, 1.54) is 89.9 Å². The average Bonchev–Trinajstić information content (AvgIpc) is 2.77. The van der Waals surface area contributed by atoms with Crippen molar-refractivity contribution in [2.75, 3.05) is 0 Å². The Bertz CT molecular complexity index is 601. The van der Waals surface area contributed by atoms with Crippen LogP contribution in [0.1, 0.15) is 126 Å². The first kappa shape index (κ1) is 29.8. The van der Waals surface area contributed by atoms with Crippen molar-refractivity contribution in [1.29, 1.82) is 0 Å². The zero-order valence-electron chi connectivity index (χ0n) is 20.2. The maximum atomic E-state index is 11.1. The highest BCUT2D eigenvalue weighted by Gasteiger charge is 2.08. The van der Waals surface area contributed by atoms with E-state index in [9.17, 15) is 14.4 Å². The minimum Gasteiger partial charge on any atom is -0.481 e. The van der Waals surface area contributed by atoms with Gasteiger partial charge < -0.3 is 10.8 Å². The number of hydrogen-bond acceptors (Lipinski definition) is 3. The standard InChI is InChI=1S/C18H37NO.C9H8O3/c1-2-3-4-5-6-7-8-9-10-11-12-13-14-15-16-17-18(19)20;10-8(6-9(11)12)7-4-2-1-3-5-7/h2-17H2,1H3,(H2,19,20);1-5H,6H2,(H,11,12). The molecule has 182 valence electrons. The third-order valence-electron chi connectivity index (χ3n) is 5.43. The summed E-state index contributed by atoms with van der Waals surface area (Å²) in [6.07, 6.45) is 20.4. The van der Waals surface area contributed by atoms with Crippen LogP contribution in [0.2, 0.25) is 0 Å². The van der Waals surface area contributed by atoms with E-state index in [-0.39, 0.29) is 11.7 Å². The Morgan fingerprint density at radius 1 is 0.688 bits per heavy atom. The molecule has 0 atom stereocenters. The number of primary amides is 1. The van der Waals surface area contributed by atoms with Gasteiger partial charge in [-0.2, -0.15) is 0 Å². The fourth-order valence-electron chi connectivity index (χ4n) is 3.53. The van der Waals surface area contributed by atoms with Gasteiger partial charge in [0.2, 0.25) is 5.91 Å². The van der Waals surface area contributed by atoms with Crippen molar-refractivity contribution in [2.24, 2.45) is 5.73 Å². The van der Waals surface area contributed by atoms with Crippen LogP contribution in [0, 0.1) is 0 Å². The van der Waals surface area contributed by atoms with E-state index in [0.717, 1.165) is 6.42 Å². The molecule has 32 heavy (non-hydrogen) atoms. The molecule has 1 amide bonds. The molecule has 0 saturated carbocycles. The number of ketones is 1. The summed E-state index contributed by atoms with van der Waals surface area (Å²) in [7, 11) is 0. The quantitative estimate of drug-likeness (QED) is 0.134. The zero-order valence-corrected chi connectivity index (χ0v) is 20.2. The third kappa shape index (κ3) is 21.1. The SMILES string of the molecule is CCCCCCCCCCCCCCCCCC(N)=O.O=C(O)CC(=O)c1ccccc1. The molecule has 0 heterocycles. The van der Waals surface area contributed by atoms with Crippen LogP contribution in [0.15, 0.2) is 30.3 Å². The predicted molar refractivity (Wildman–Crippen MR) is 132 cm³/mol. The largest absolute Gasteiger partial charge is 0.481 e. The molecule has 5 nitrogen and oxygen atoms in total. The van der Waals surface area contributed by atoms with E-state index in [1.807, 2.05) is 0 Å². The number of benzene rings is 1.